The van der Waals surface area contributed by atoms with Crippen molar-refractivity contribution in [3.05, 3.63) is 29.6 Å². The quantitative estimate of drug-likeness (QED) is 0.844. The lowest BCUT2D eigenvalue weighted by Gasteiger charge is -2.23. The number of halogens is 1. The van der Waals surface area contributed by atoms with E-state index >= 15 is 0 Å². The molecule has 1 unspecified atom stereocenters. The minimum Gasteiger partial charge on any atom is -0.487 e. The van der Waals surface area contributed by atoms with Gasteiger partial charge in [-0.1, -0.05) is 19.1 Å². The molecule has 0 saturated heterocycles. The van der Waals surface area contributed by atoms with Crippen LogP contribution in [0.25, 0.3) is 0 Å². The van der Waals surface area contributed by atoms with Crippen LogP contribution in [0.15, 0.2) is 18.2 Å². The van der Waals surface area contributed by atoms with Crippen LogP contribution in [0.5, 0.6) is 5.75 Å². The third-order valence-electron chi connectivity index (χ3n) is 2.68. The number of ether oxygens (including phenoxy) is 1. The van der Waals surface area contributed by atoms with Crippen molar-refractivity contribution in [1.29, 1.82) is 5.26 Å². The summed E-state index contributed by atoms with van der Waals surface area (Å²) in [5.41, 5.74) is -0.265. The Labute approximate surface area is 108 Å². The second kappa shape index (κ2) is 6.36. The Balaban J connectivity index is 2.68. The zero-order valence-electron chi connectivity index (χ0n) is 11.1. The average Bonchev–Trinajstić information content (AvgIpc) is 2.38. The van der Waals surface area contributed by atoms with Crippen molar-refractivity contribution in [1.82, 2.24) is 5.32 Å². The summed E-state index contributed by atoms with van der Waals surface area (Å²) in [5.74, 6) is -0.178. The number of aryl methyl sites for hydroxylation is 1. The van der Waals surface area contributed by atoms with Gasteiger partial charge in [-0.15, -0.1) is 0 Å². The van der Waals surface area contributed by atoms with E-state index in [0.717, 1.165) is 13.0 Å². The van der Waals surface area contributed by atoms with Gasteiger partial charge in [0, 0.05) is 0 Å². The van der Waals surface area contributed by atoms with Gasteiger partial charge in [-0.05, 0) is 38.4 Å². The topological polar surface area (TPSA) is 45.0 Å². The van der Waals surface area contributed by atoms with Gasteiger partial charge in [-0.2, -0.15) is 5.26 Å². The summed E-state index contributed by atoms with van der Waals surface area (Å²) in [7, 11) is 0. The lowest BCUT2D eigenvalue weighted by Crippen LogP contribution is -2.46. The van der Waals surface area contributed by atoms with Gasteiger partial charge in [0.1, 0.15) is 12.1 Å². The second-order valence-electron chi connectivity index (χ2n) is 4.55. The molecule has 0 spiro atoms. The number of rotatable bonds is 6. The molecule has 4 heteroatoms. The number of hydrogen-bond donors (Lipinski definition) is 1. The summed E-state index contributed by atoms with van der Waals surface area (Å²) < 4.78 is 19.1. The molecule has 0 aliphatic rings. The maximum atomic E-state index is 13.7. The highest BCUT2D eigenvalue weighted by Crippen LogP contribution is 2.20. The third-order valence-corrected chi connectivity index (χ3v) is 2.68. The first-order valence-corrected chi connectivity index (χ1v) is 6.06. The smallest absolute Gasteiger partial charge is 0.167 e. The minimum atomic E-state index is -0.799. The Morgan fingerprint density at radius 1 is 1.50 bits per heavy atom. The van der Waals surface area contributed by atoms with Crippen molar-refractivity contribution >= 4 is 0 Å². The number of benzene rings is 1. The first-order chi connectivity index (χ1) is 8.52. The zero-order chi connectivity index (χ0) is 13.6. The molecule has 0 aliphatic heterocycles. The lowest BCUT2D eigenvalue weighted by atomic mass is 10.1. The van der Waals surface area contributed by atoms with Crippen molar-refractivity contribution in [2.24, 2.45) is 0 Å². The molecule has 1 aromatic carbocycles. The predicted molar refractivity (Wildman–Crippen MR) is 68.9 cm³/mol. The number of hydrogen-bond acceptors (Lipinski definition) is 3. The van der Waals surface area contributed by atoms with Gasteiger partial charge in [-0.3, -0.25) is 5.32 Å². The van der Waals surface area contributed by atoms with Gasteiger partial charge in [-0.25, -0.2) is 4.39 Å². The predicted octanol–water partition coefficient (Wildman–Crippen LogP) is 2.79. The fourth-order valence-electron chi connectivity index (χ4n) is 1.48. The monoisotopic (exact) mass is 250 g/mol. The Hall–Kier alpha value is -1.60. The molecule has 0 fully saturated rings. The molecule has 1 aromatic rings. The van der Waals surface area contributed by atoms with Crippen LogP contribution >= 0.6 is 0 Å². The van der Waals surface area contributed by atoms with Gasteiger partial charge in [0.25, 0.3) is 0 Å². The SMILES string of the molecule is CCCNC(C)(C#N)COc1cccc(C)c1F. The first kappa shape index (κ1) is 14.5. The molecule has 0 radical (unpaired) electrons. The van der Waals surface area contributed by atoms with Crippen LogP contribution in [0.2, 0.25) is 0 Å². The van der Waals surface area contributed by atoms with Crippen LogP contribution < -0.4 is 10.1 Å². The maximum Gasteiger partial charge on any atom is 0.167 e. The summed E-state index contributed by atoms with van der Waals surface area (Å²) in [4.78, 5) is 0. The first-order valence-electron chi connectivity index (χ1n) is 6.06. The fourth-order valence-corrected chi connectivity index (χ4v) is 1.48. The lowest BCUT2D eigenvalue weighted by molar-refractivity contribution is 0.226. The molecule has 18 heavy (non-hydrogen) atoms. The van der Waals surface area contributed by atoms with E-state index in [2.05, 4.69) is 11.4 Å². The van der Waals surface area contributed by atoms with Crippen LogP contribution in [0.3, 0.4) is 0 Å². The number of nitrogens with one attached hydrogen (secondary N) is 1. The van der Waals surface area contributed by atoms with Crippen molar-refractivity contribution < 1.29 is 9.13 Å². The van der Waals surface area contributed by atoms with E-state index in [9.17, 15) is 4.39 Å². The van der Waals surface area contributed by atoms with Crippen molar-refractivity contribution in [3.63, 3.8) is 0 Å². The molecule has 0 bridgehead atoms. The van der Waals surface area contributed by atoms with Gasteiger partial charge in [0.05, 0.1) is 6.07 Å². The minimum absolute atomic E-state index is 0.115. The van der Waals surface area contributed by atoms with Gasteiger partial charge >= 0.3 is 0 Å². The van der Waals surface area contributed by atoms with Gasteiger partial charge in [0.15, 0.2) is 11.6 Å². The van der Waals surface area contributed by atoms with E-state index in [-0.39, 0.29) is 18.2 Å². The molecule has 0 aromatic heterocycles. The summed E-state index contributed by atoms with van der Waals surface area (Å²) in [6.07, 6.45) is 0.927. The van der Waals surface area contributed by atoms with E-state index < -0.39 is 5.54 Å². The fraction of sp³-hybridized carbons (Fsp3) is 0.500. The van der Waals surface area contributed by atoms with Crippen LogP contribution in [-0.4, -0.2) is 18.7 Å². The van der Waals surface area contributed by atoms with Gasteiger partial charge < -0.3 is 4.74 Å². The highest BCUT2D eigenvalue weighted by Gasteiger charge is 2.24. The third kappa shape index (κ3) is 3.71. The van der Waals surface area contributed by atoms with Crippen LogP contribution in [-0.2, 0) is 0 Å². The van der Waals surface area contributed by atoms with E-state index in [1.165, 1.54) is 0 Å². The second-order valence-corrected chi connectivity index (χ2v) is 4.55. The summed E-state index contributed by atoms with van der Waals surface area (Å²) >= 11 is 0. The van der Waals surface area contributed by atoms with Crippen LogP contribution in [0.1, 0.15) is 25.8 Å². The maximum absolute atomic E-state index is 13.7. The zero-order valence-corrected chi connectivity index (χ0v) is 11.1. The summed E-state index contributed by atoms with van der Waals surface area (Å²) in [6, 6.07) is 7.14. The normalized spacial score (nSPS) is 13.7. The molecule has 1 N–H and O–H groups in total. The van der Waals surface area contributed by atoms with E-state index in [0.29, 0.717) is 5.56 Å². The highest BCUT2D eigenvalue weighted by atomic mass is 19.1. The molecule has 3 nitrogen and oxygen atoms in total. The van der Waals surface area contributed by atoms with E-state index in [1.807, 2.05) is 6.92 Å². The van der Waals surface area contributed by atoms with Crippen molar-refractivity contribution in [3.8, 4) is 11.8 Å². The Morgan fingerprint density at radius 2 is 2.22 bits per heavy atom. The van der Waals surface area contributed by atoms with E-state index in [4.69, 9.17) is 10.00 Å². The Bertz CT molecular complexity index is 442. The molecule has 1 atom stereocenters. The summed E-state index contributed by atoms with van der Waals surface area (Å²) in [5, 5.41) is 12.2. The van der Waals surface area contributed by atoms with Crippen LogP contribution in [0, 0.1) is 24.1 Å². The van der Waals surface area contributed by atoms with E-state index in [1.54, 1.807) is 32.0 Å². The molecule has 0 aliphatic carbocycles. The highest BCUT2D eigenvalue weighted by molar-refractivity contribution is 5.30. The van der Waals surface area contributed by atoms with Crippen molar-refractivity contribution in [2.45, 2.75) is 32.7 Å². The largest absolute Gasteiger partial charge is 0.487 e. The number of nitrogens with zero attached hydrogens (tertiary/aromatic N) is 1. The molecule has 0 saturated carbocycles. The standard InChI is InChI=1S/C14H19FN2O/c1-4-8-17-14(3,9-16)10-18-12-7-5-6-11(2)13(12)15/h5-7,17H,4,8,10H2,1-3H3. The molecular weight excluding hydrogens is 231 g/mol. The van der Waals surface area contributed by atoms with Gasteiger partial charge in [0.2, 0.25) is 0 Å². The van der Waals surface area contributed by atoms with Crippen molar-refractivity contribution in [2.75, 3.05) is 13.2 Å². The molecule has 98 valence electrons. The Morgan fingerprint density at radius 3 is 2.83 bits per heavy atom. The molecule has 0 heterocycles. The average molecular weight is 250 g/mol. The Kier molecular flexibility index (Phi) is 5.11. The number of nitriles is 1. The summed E-state index contributed by atoms with van der Waals surface area (Å²) in [6.45, 7) is 6.29. The molecule has 1 rings (SSSR count). The molecular formula is C14H19FN2O. The van der Waals surface area contributed by atoms with Crippen LogP contribution in [0.4, 0.5) is 4.39 Å². The molecule has 0 amide bonds.